The van der Waals surface area contributed by atoms with Gasteiger partial charge in [-0.3, -0.25) is 0 Å². The molecule has 1 aliphatic heterocycles. The first kappa shape index (κ1) is 14.7. The van der Waals surface area contributed by atoms with Crippen LogP contribution in [0.2, 0.25) is 5.02 Å². The Kier molecular flexibility index (Phi) is 5.12. The Morgan fingerprint density at radius 1 is 1.47 bits per heavy atom. The van der Waals surface area contributed by atoms with Gasteiger partial charge in [0, 0.05) is 23.3 Å². The summed E-state index contributed by atoms with van der Waals surface area (Å²) in [7, 11) is 0. The Labute approximate surface area is 122 Å². The summed E-state index contributed by atoms with van der Waals surface area (Å²) in [5, 5.41) is 4.46. The van der Waals surface area contributed by atoms with Gasteiger partial charge in [-0.2, -0.15) is 0 Å². The minimum atomic E-state index is 0.494. The van der Waals surface area contributed by atoms with E-state index in [-0.39, 0.29) is 0 Å². The van der Waals surface area contributed by atoms with Crippen molar-refractivity contribution < 1.29 is 0 Å². The van der Waals surface area contributed by atoms with Crippen molar-refractivity contribution in [1.82, 2.24) is 4.90 Å². The Morgan fingerprint density at radius 3 is 2.95 bits per heavy atom. The number of aryl methyl sites for hydroxylation is 1. The summed E-state index contributed by atoms with van der Waals surface area (Å²) >= 11 is 6.18. The molecule has 19 heavy (non-hydrogen) atoms. The molecule has 0 radical (unpaired) electrons. The van der Waals surface area contributed by atoms with Crippen molar-refractivity contribution in [3.8, 4) is 0 Å². The fourth-order valence-electron chi connectivity index (χ4n) is 2.85. The molecule has 0 spiro atoms. The van der Waals surface area contributed by atoms with Crippen molar-refractivity contribution in [3.63, 3.8) is 0 Å². The van der Waals surface area contributed by atoms with Crippen LogP contribution < -0.4 is 5.32 Å². The van der Waals surface area contributed by atoms with Crippen molar-refractivity contribution in [2.24, 2.45) is 5.92 Å². The number of hydrogen-bond acceptors (Lipinski definition) is 2. The molecule has 1 aromatic carbocycles. The highest BCUT2D eigenvalue weighted by atomic mass is 35.5. The molecule has 0 bridgehead atoms. The standard InChI is InChI=1S/C16H25ClN2/c1-4-19-9-5-6-14(11-19)13(3)18-15-8-7-12(2)16(17)10-15/h7-8,10,13-14,18H,4-6,9,11H2,1-3H3. The molecule has 3 heteroatoms. The average Bonchev–Trinajstić information content (AvgIpc) is 2.43. The molecule has 2 nitrogen and oxygen atoms in total. The number of hydrogen-bond donors (Lipinski definition) is 1. The third kappa shape index (κ3) is 3.87. The summed E-state index contributed by atoms with van der Waals surface area (Å²) in [5.74, 6) is 0.730. The molecule has 0 aliphatic carbocycles. The summed E-state index contributed by atoms with van der Waals surface area (Å²) in [6.07, 6.45) is 2.64. The van der Waals surface area contributed by atoms with E-state index >= 15 is 0 Å². The summed E-state index contributed by atoms with van der Waals surface area (Å²) in [6, 6.07) is 6.73. The summed E-state index contributed by atoms with van der Waals surface area (Å²) in [6.45, 7) is 10.2. The van der Waals surface area contributed by atoms with Crippen LogP contribution in [-0.4, -0.2) is 30.6 Å². The van der Waals surface area contributed by atoms with Crippen molar-refractivity contribution in [1.29, 1.82) is 0 Å². The van der Waals surface area contributed by atoms with Gasteiger partial charge in [-0.25, -0.2) is 0 Å². The maximum atomic E-state index is 6.18. The first-order valence-electron chi connectivity index (χ1n) is 7.35. The molecule has 1 aliphatic rings. The van der Waals surface area contributed by atoms with Gasteiger partial charge in [0.2, 0.25) is 0 Å². The SMILES string of the molecule is CCN1CCCC(C(C)Nc2ccc(C)c(Cl)c2)C1. The Hall–Kier alpha value is -0.730. The topological polar surface area (TPSA) is 15.3 Å². The molecule has 2 atom stereocenters. The van der Waals surface area contributed by atoms with E-state index in [0.717, 1.165) is 22.2 Å². The highest BCUT2D eigenvalue weighted by Gasteiger charge is 2.23. The highest BCUT2D eigenvalue weighted by molar-refractivity contribution is 6.31. The van der Waals surface area contributed by atoms with E-state index in [0.29, 0.717) is 6.04 Å². The maximum Gasteiger partial charge on any atom is 0.0455 e. The van der Waals surface area contributed by atoms with Crippen LogP contribution in [0.5, 0.6) is 0 Å². The van der Waals surface area contributed by atoms with E-state index in [1.54, 1.807) is 0 Å². The number of benzene rings is 1. The fraction of sp³-hybridized carbons (Fsp3) is 0.625. The molecule has 2 rings (SSSR count). The second-order valence-corrected chi connectivity index (χ2v) is 6.10. The molecule has 0 saturated carbocycles. The van der Waals surface area contributed by atoms with Crippen molar-refractivity contribution in [3.05, 3.63) is 28.8 Å². The lowest BCUT2D eigenvalue weighted by Gasteiger charge is -2.35. The normalized spacial score (nSPS) is 22.2. The van der Waals surface area contributed by atoms with Crippen molar-refractivity contribution in [2.45, 2.75) is 39.7 Å². The van der Waals surface area contributed by atoms with E-state index in [1.165, 1.54) is 32.5 Å². The van der Waals surface area contributed by atoms with Crippen LogP contribution in [0.4, 0.5) is 5.69 Å². The maximum absolute atomic E-state index is 6.18. The Balaban J connectivity index is 1.96. The van der Waals surface area contributed by atoms with Gasteiger partial charge in [-0.15, -0.1) is 0 Å². The van der Waals surface area contributed by atoms with E-state index in [4.69, 9.17) is 11.6 Å². The third-order valence-electron chi connectivity index (χ3n) is 4.26. The van der Waals surface area contributed by atoms with Crippen LogP contribution in [0.25, 0.3) is 0 Å². The number of anilines is 1. The van der Waals surface area contributed by atoms with Gasteiger partial charge in [-0.1, -0.05) is 24.6 Å². The number of piperidine rings is 1. The second-order valence-electron chi connectivity index (χ2n) is 5.69. The molecule has 1 fully saturated rings. The number of likely N-dealkylation sites (tertiary alicyclic amines) is 1. The van der Waals surface area contributed by atoms with Gasteiger partial charge in [0.1, 0.15) is 0 Å². The van der Waals surface area contributed by atoms with E-state index in [1.807, 2.05) is 13.0 Å². The predicted octanol–water partition coefficient (Wildman–Crippen LogP) is 4.18. The molecule has 1 aromatic rings. The lowest BCUT2D eigenvalue weighted by Crippen LogP contribution is -2.41. The van der Waals surface area contributed by atoms with E-state index in [9.17, 15) is 0 Å². The van der Waals surface area contributed by atoms with Gasteiger partial charge in [-0.05, 0) is 63.4 Å². The van der Waals surface area contributed by atoms with E-state index in [2.05, 4.69) is 36.2 Å². The lowest BCUT2D eigenvalue weighted by molar-refractivity contribution is 0.172. The summed E-state index contributed by atoms with van der Waals surface area (Å²) in [5.41, 5.74) is 2.27. The fourth-order valence-corrected chi connectivity index (χ4v) is 3.03. The molecular formula is C16H25ClN2. The summed E-state index contributed by atoms with van der Waals surface area (Å²) in [4.78, 5) is 2.55. The number of nitrogens with zero attached hydrogens (tertiary/aromatic N) is 1. The lowest BCUT2D eigenvalue weighted by atomic mass is 9.91. The molecule has 0 aromatic heterocycles. The summed E-state index contributed by atoms with van der Waals surface area (Å²) < 4.78 is 0. The van der Waals surface area contributed by atoms with Crippen LogP contribution in [-0.2, 0) is 0 Å². The Bertz CT molecular complexity index is 419. The zero-order chi connectivity index (χ0) is 13.8. The monoisotopic (exact) mass is 280 g/mol. The minimum absolute atomic E-state index is 0.494. The minimum Gasteiger partial charge on any atom is -0.382 e. The van der Waals surface area contributed by atoms with Crippen molar-refractivity contribution in [2.75, 3.05) is 25.0 Å². The van der Waals surface area contributed by atoms with Crippen molar-refractivity contribution >= 4 is 17.3 Å². The second kappa shape index (κ2) is 6.62. The van der Waals surface area contributed by atoms with Gasteiger partial charge in [0.25, 0.3) is 0 Å². The first-order valence-corrected chi connectivity index (χ1v) is 7.73. The number of nitrogens with one attached hydrogen (secondary N) is 1. The van der Waals surface area contributed by atoms with Gasteiger partial charge < -0.3 is 10.2 Å². The Morgan fingerprint density at radius 2 is 2.26 bits per heavy atom. The average molecular weight is 281 g/mol. The molecular weight excluding hydrogens is 256 g/mol. The van der Waals surface area contributed by atoms with E-state index < -0.39 is 0 Å². The molecule has 0 amide bonds. The molecule has 1 saturated heterocycles. The molecule has 2 unspecified atom stereocenters. The largest absolute Gasteiger partial charge is 0.382 e. The highest BCUT2D eigenvalue weighted by Crippen LogP contribution is 2.25. The smallest absolute Gasteiger partial charge is 0.0455 e. The predicted molar refractivity (Wildman–Crippen MR) is 84.1 cm³/mol. The van der Waals surface area contributed by atoms with Crippen LogP contribution in [0, 0.1) is 12.8 Å². The zero-order valence-corrected chi connectivity index (χ0v) is 13.0. The molecule has 106 valence electrons. The third-order valence-corrected chi connectivity index (χ3v) is 4.67. The van der Waals surface area contributed by atoms with Crippen LogP contribution in [0.1, 0.15) is 32.3 Å². The number of halogens is 1. The quantitative estimate of drug-likeness (QED) is 0.890. The van der Waals surface area contributed by atoms with Gasteiger partial charge in [0.05, 0.1) is 0 Å². The zero-order valence-electron chi connectivity index (χ0n) is 12.2. The molecule has 1 N–H and O–H groups in total. The number of rotatable bonds is 4. The van der Waals surface area contributed by atoms with Crippen LogP contribution in [0.3, 0.4) is 0 Å². The first-order chi connectivity index (χ1) is 9.10. The molecule has 1 heterocycles. The van der Waals surface area contributed by atoms with Crippen LogP contribution in [0.15, 0.2) is 18.2 Å². The van der Waals surface area contributed by atoms with Crippen LogP contribution >= 0.6 is 11.6 Å². The van der Waals surface area contributed by atoms with Gasteiger partial charge in [0.15, 0.2) is 0 Å². The van der Waals surface area contributed by atoms with Gasteiger partial charge >= 0.3 is 0 Å².